The number of hydrogen-bond acceptors (Lipinski definition) is 4. The molecule has 2 amide bonds. The van der Waals surface area contributed by atoms with Crippen LogP contribution in [0.5, 0.6) is 0 Å². The summed E-state index contributed by atoms with van der Waals surface area (Å²) in [5, 5.41) is 2.81. The van der Waals surface area contributed by atoms with E-state index in [4.69, 9.17) is 0 Å². The van der Waals surface area contributed by atoms with E-state index in [1.54, 1.807) is 62.4 Å². The molecule has 3 rings (SSSR count). The molecule has 0 aliphatic rings. The van der Waals surface area contributed by atoms with Gasteiger partial charge in [-0.25, -0.2) is 12.8 Å². The maximum atomic E-state index is 14.6. The summed E-state index contributed by atoms with van der Waals surface area (Å²) in [5.74, 6) is -1.54. The first-order valence-electron chi connectivity index (χ1n) is 12.6. The van der Waals surface area contributed by atoms with Crippen LogP contribution in [0.1, 0.15) is 37.8 Å². The number of benzene rings is 3. The van der Waals surface area contributed by atoms with Gasteiger partial charge in [0.15, 0.2) is 0 Å². The largest absolute Gasteiger partial charge is 0.354 e. The molecule has 0 aliphatic heterocycles. The van der Waals surface area contributed by atoms with Crippen molar-refractivity contribution >= 4 is 27.5 Å². The monoisotopic (exact) mass is 539 g/mol. The Bertz CT molecular complexity index is 1350. The van der Waals surface area contributed by atoms with Gasteiger partial charge in [-0.15, -0.1) is 0 Å². The van der Waals surface area contributed by atoms with Gasteiger partial charge in [0.25, 0.3) is 10.0 Å². The lowest BCUT2D eigenvalue weighted by Gasteiger charge is -2.32. The van der Waals surface area contributed by atoms with Crippen molar-refractivity contribution in [2.24, 2.45) is 0 Å². The van der Waals surface area contributed by atoms with Crippen molar-refractivity contribution in [2.75, 3.05) is 17.4 Å². The number of unbranched alkanes of at least 4 members (excludes halogenated alkanes) is 1. The molecule has 0 aliphatic carbocycles. The third-order valence-electron chi connectivity index (χ3n) is 6.29. The number of nitrogens with one attached hydrogen (secondary N) is 1. The number of carbonyl (C=O) groups is 2. The molecule has 1 N–H and O–H groups in total. The lowest BCUT2D eigenvalue weighted by atomic mass is 10.1. The number of sulfonamides is 1. The Morgan fingerprint density at radius 2 is 1.58 bits per heavy atom. The SMILES string of the molecule is CCCCNC(=O)[C@H](C)N(Cc1ccccc1F)C(=O)CN(c1ccccc1C)S(=O)(=O)c1ccccc1. The van der Waals surface area contributed by atoms with Gasteiger partial charge in [0.1, 0.15) is 18.4 Å². The molecule has 3 aromatic carbocycles. The molecular weight excluding hydrogens is 505 g/mol. The lowest BCUT2D eigenvalue weighted by molar-refractivity contribution is -0.139. The Morgan fingerprint density at radius 1 is 0.947 bits per heavy atom. The molecule has 0 radical (unpaired) electrons. The topological polar surface area (TPSA) is 86.8 Å². The van der Waals surface area contributed by atoms with E-state index in [0.717, 1.165) is 17.1 Å². The molecule has 3 aromatic rings. The van der Waals surface area contributed by atoms with Crippen LogP contribution >= 0.6 is 0 Å². The second-order valence-corrected chi connectivity index (χ2v) is 10.9. The fourth-order valence-electron chi connectivity index (χ4n) is 4.01. The van der Waals surface area contributed by atoms with Crippen molar-refractivity contribution in [3.05, 3.63) is 95.8 Å². The van der Waals surface area contributed by atoms with E-state index >= 15 is 0 Å². The normalized spacial score (nSPS) is 12.0. The van der Waals surface area contributed by atoms with Crippen LogP contribution in [0.15, 0.2) is 83.8 Å². The zero-order valence-corrected chi connectivity index (χ0v) is 22.7. The van der Waals surface area contributed by atoms with Crippen molar-refractivity contribution < 1.29 is 22.4 Å². The van der Waals surface area contributed by atoms with Crippen LogP contribution in [0.2, 0.25) is 0 Å². The van der Waals surface area contributed by atoms with E-state index in [2.05, 4.69) is 5.32 Å². The summed E-state index contributed by atoms with van der Waals surface area (Å²) < 4.78 is 43.1. The number of para-hydroxylation sites is 1. The Kier molecular flexibility index (Phi) is 10.0. The number of amides is 2. The first-order chi connectivity index (χ1) is 18.2. The zero-order chi connectivity index (χ0) is 27.7. The first kappa shape index (κ1) is 28.8. The number of aryl methyl sites for hydroxylation is 1. The minimum Gasteiger partial charge on any atom is -0.354 e. The number of rotatable bonds is 12. The van der Waals surface area contributed by atoms with Crippen molar-refractivity contribution in [1.29, 1.82) is 0 Å². The van der Waals surface area contributed by atoms with Crippen LogP contribution < -0.4 is 9.62 Å². The molecule has 0 saturated carbocycles. The summed E-state index contributed by atoms with van der Waals surface area (Å²) >= 11 is 0. The Hall–Kier alpha value is -3.72. The van der Waals surface area contributed by atoms with Crippen molar-refractivity contribution in [3.63, 3.8) is 0 Å². The highest BCUT2D eigenvalue weighted by molar-refractivity contribution is 7.92. The third-order valence-corrected chi connectivity index (χ3v) is 8.06. The quantitative estimate of drug-likeness (QED) is 0.339. The standard InChI is InChI=1S/C29H34FN3O4S/c1-4-5-19-31-29(35)23(3)32(20-24-14-10-11-17-26(24)30)28(34)21-33(27-18-12-9-13-22(27)2)38(36,37)25-15-7-6-8-16-25/h6-18,23H,4-5,19-21H2,1-3H3,(H,31,35)/t23-/m0/s1. The van der Waals surface area contributed by atoms with Gasteiger partial charge in [0.2, 0.25) is 11.8 Å². The summed E-state index contributed by atoms with van der Waals surface area (Å²) in [5.41, 5.74) is 1.23. The van der Waals surface area contributed by atoms with Crippen LogP contribution in [0.25, 0.3) is 0 Å². The molecule has 0 fully saturated rings. The number of hydrogen-bond donors (Lipinski definition) is 1. The first-order valence-corrected chi connectivity index (χ1v) is 14.0. The molecule has 38 heavy (non-hydrogen) atoms. The minimum atomic E-state index is -4.14. The summed E-state index contributed by atoms with van der Waals surface area (Å²) in [7, 11) is -4.14. The van der Waals surface area contributed by atoms with Gasteiger partial charge in [0, 0.05) is 18.7 Å². The van der Waals surface area contributed by atoms with E-state index < -0.39 is 40.2 Å². The molecule has 0 spiro atoms. The average molecular weight is 540 g/mol. The van der Waals surface area contributed by atoms with Crippen molar-refractivity contribution in [3.8, 4) is 0 Å². The van der Waals surface area contributed by atoms with E-state index in [1.165, 1.54) is 35.2 Å². The highest BCUT2D eigenvalue weighted by atomic mass is 32.2. The molecule has 202 valence electrons. The summed E-state index contributed by atoms with van der Waals surface area (Å²) in [6.07, 6.45) is 1.66. The van der Waals surface area contributed by atoms with Gasteiger partial charge in [-0.2, -0.15) is 0 Å². The second-order valence-electron chi connectivity index (χ2n) is 9.04. The average Bonchev–Trinajstić information content (AvgIpc) is 2.91. The van der Waals surface area contributed by atoms with Gasteiger partial charge in [0.05, 0.1) is 10.6 Å². The highest BCUT2D eigenvalue weighted by Gasteiger charge is 2.33. The Balaban J connectivity index is 2.01. The van der Waals surface area contributed by atoms with Gasteiger partial charge in [-0.1, -0.05) is 67.9 Å². The van der Waals surface area contributed by atoms with E-state index in [0.29, 0.717) is 17.8 Å². The molecule has 1 atom stereocenters. The fraction of sp³-hybridized carbons (Fsp3) is 0.310. The lowest BCUT2D eigenvalue weighted by Crippen LogP contribution is -2.51. The zero-order valence-electron chi connectivity index (χ0n) is 21.9. The Labute approximate surface area is 224 Å². The molecule has 0 aromatic heterocycles. The number of nitrogens with zero attached hydrogens (tertiary/aromatic N) is 2. The second kappa shape index (κ2) is 13.2. The molecule has 0 saturated heterocycles. The van der Waals surface area contributed by atoms with Crippen LogP contribution in [-0.4, -0.2) is 44.3 Å². The fourth-order valence-corrected chi connectivity index (χ4v) is 5.50. The number of halogens is 1. The number of carbonyl (C=O) groups excluding carboxylic acids is 2. The highest BCUT2D eigenvalue weighted by Crippen LogP contribution is 2.27. The van der Waals surface area contributed by atoms with Crippen LogP contribution in [0.4, 0.5) is 10.1 Å². The molecule has 0 heterocycles. The molecule has 0 unspecified atom stereocenters. The molecule has 0 bridgehead atoms. The van der Waals surface area contributed by atoms with Crippen LogP contribution in [0, 0.1) is 12.7 Å². The molecule has 9 heteroatoms. The smallest absolute Gasteiger partial charge is 0.264 e. The van der Waals surface area contributed by atoms with E-state index in [1.807, 2.05) is 6.92 Å². The van der Waals surface area contributed by atoms with Gasteiger partial charge >= 0.3 is 0 Å². The summed E-state index contributed by atoms with van der Waals surface area (Å²) in [6, 6.07) is 19.8. The predicted molar refractivity (Wildman–Crippen MR) is 146 cm³/mol. The molecule has 7 nitrogen and oxygen atoms in total. The summed E-state index contributed by atoms with van der Waals surface area (Å²) in [4.78, 5) is 28.0. The van der Waals surface area contributed by atoms with Gasteiger partial charge in [-0.3, -0.25) is 13.9 Å². The Morgan fingerprint density at radius 3 is 2.24 bits per heavy atom. The number of anilines is 1. The predicted octanol–water partition coefficient (Wildman–Crippen LogP) is 4.66. The minimum absolute atomic E-state index is 0.0297. The van der Waals surface area contributed by atoms with E-state index in [-0.39, 0.29) is 17.0 Å². The van der Waals surface area contributed by atoms with Crippen molar-refractivity contribution in [2.45, 2.75) is 51.1 Å². The van der Waals surface area contributed by atoms with Crippen molar-refractivity contribution in [1.82, 2.24) is 10.2 Å². The van der Waals surface area contributed by atoms with Crippen LogP contribution in [-0.2, 0) is 26.2 Å². The van der Waals surface area contributed by atoms with Crippen LogP contribution in [0.3, 0.4) is 0 Å². The van der Waals surface area contributed by atoms with Gasteiger partial charge < -0.3 is 10.2 Å². The molecular formula is C29H34FN3O4S. The third kappa shape index (κ3) is 6.98. The van der Waals surface area contributed by atoms with E-state index in [9.17, 15) is 22.4 Å². The maximum absolute atomic E-state index is 14.6. The van der Waals surface area contributed by atoms with Gasteiger partial charge in [-0.05, 0) is 50.1 Å². The maximum Gasteiger partial charge on any atom is 0.264 e. The summed E-state index contributed by atoms with van der Waals surface area (Å²) in [6.45, 7) is 5.00.